The maximum atomic E-state index is 13.5. The lowest BCUT2D eigenvalue weighted by Crippen LogP contribution is -2.45. The molecule has 32 heavy (non-hydrogen) atoms. The average molecular weight is 435 g/mol. The number of hydrogen-bond acceptors (Lipinski definition) is 2. The first-order valence-corrected chi connectivity index (χ1v) is 10.8. The number of benzene rings is 2. The molecule has 0 unspecified atom stereocenters. The van der Waals surface area contributed by atoms with Crippen LogP contribution in [0.4, 0.5) is 8.78 Å². The summed E-state index contributed by atoms with van der Waals surface area (Å²) >= 11 is 0. The summed E-state index contributed by atoms with van der Waals surface area (Å²) in [4.78, 5) is 27.7. The van der Waals surface area contributed by atoms with E-state index in [0.717, 1.165) is 28.1 Å². The minimum Gasteiger partial charge on any atom is -0.354 e. The van der Waals surface area contributed by atoms with E-state index in [-0.39, 0.29) is 35.3 Å². The Morgan fingerprint density at radius 3 is 2.16 bits per heavy atom. The molecular weight excluding hydrogens is 412 g/mol. The minimum absolute atomic E-state index is 0.0825. The first-order valence-electron chi connectivity index (χ1n) is 10.8. The molecular formula is C25H23F2N3O2. The second-order valence-corrected chi connectivity index (χ2v) is 8.53. The van der Waals surface area contributed by atoms with Crippen LogP contribution in [0.15, 0.2) is 54.6 Å². The maximum Gasteiger partial charge on any atom is 0.242 e. The van der Waals surface area contributed by atoms with E-state index in [9.17, 15) is 18.4 Å². The number of nitrogens with one attached hydrogen (secondary N) is 3. The SMILES string of the molecule is O=C1NCC[C@H]1NC(=O)[C@H]1C[C@@H](c2cc(-c3ccc(F)cc3)[nH]c2-c2ccc(F)cc2)C1. The Bertz CT molecular complexity index is 1150. The summed E-state index contributed by atoms with van der Waals surface area (Å²) in [7, 11) is 0. The van der Waals surface area contributed by atoms with E-state index >= 15 is 0 Å². The van der Waals surface area contributed by atoms with Gasteiger partial charge in [-0.2, -0.15) is 0 Å². The van der Waals surface area contributed by atoms with Crippen LogP contribution in [-0.2, 0) is 9.59 Å². The van der Waals surface area contributed by atoms with Crippen LogP contribution in [0.5, 0.6) is 0 Å². The Kier molecular flexibility index (Phi) is 5.25. The molecule has 2 heterocycles. The first-order chi connectivity index (χ1) is 15.5. The molecule has 0 bridgehead atoms. The first kappa shape index (κ1) is 20.4. The van der Waals surface area contributed by atoms with Crippen LogP contribution in [0.3, 0.4) is 0 Å². The van der Waals surface area contributed by atoms with Crippen LogP contribution >= 0.6 is 0 Å². The van der Waals surface area contributed by atoms with Gasteiger partial charge in [0.15, 0.2) is 0 Å². The van der Waals surface area contributed by atoms with E-state index < -0.39 is 6.04 Å². The van der Waals surface area contributed by atoms with Crippen molar-refractivity contribution in [3.8, 4) is 22.5 Å². The number of halogens is 2. The highest BCUT2D eigenvalue weighted by Gasteiger charge is 2.39. The Balaban J connectivity index is 1.38. The largest absolute Gasteiger partial charge is 0.354 e. The summed E-state index contributed by atoms with van der Waals surface area (Å²) < 4.78 is 26.8. The molecule has 1 aliphatic carbocycles. The number of hydrogen-bond donors (Lipinski definition) is 3. The zero-order valence-corrected chi connectivity index (χ0v) is 17.3. The fourth-order valence-electron chi connectivity index (χ4n) is 4.54. The normalized spacial score (nSPS) is 22.3. The van der Waals surface area contributed by atoms with Crippen molar-refractivity contribution in [3.63, 3.8) is 0 Å². The van der Waals surface area contributed by atoms with Crippen molar-refractivity contribution in [1.29, 1.82) is 0 Å². The summed E-state index contributed by atoms with van der Waals surface area (Å²) in [6.45, 7) is 0.591. The molecule has 1 saturated heterocycles. The standard InChI is InChI=1S/C25H23F2N3O2/c26-18-5-1-14(2-6-18)22-13-20(23(29-22)15-3-7-19(27)8-4-15)16-11-17(12-16)24(31)30-21-9-10-28-25(21)32/h1-8,13,16-17,21,29H,9-12H2,(H,28,32)(H,30,31)/t16-,17+,21-/m1/s1. The van der Waals surface area contributed by atoms with E-state index in [2.05, 4.69) is 15.6 Å². The summed E-state index contributed by atoms with van der Waals surface area (Å²) in [5.74, 6) is -0.796. The van der Waals surface area contributed by atoms with Crippen LogP contribution in [0.2, 0.25) is 0 Å². The Hall–Kier alpha value is -3.48. The van der Waals surface area contributed by atoms with E-state index in [4.69, 9.17) is 0 Å². The van der Waals surface area contributed by atoms with Gasteiger partial charge in [-0.05, 0) is 96.5 Å². The lowest BCUT2D eigenvalue weighted by Gasteiger charge is -2.35. The van der Waals surface area contributed by atoms with Crippen molar-refractivity contribution in [2.45, 2.75) is 31.2 Å². The Morgan fingerprint density at radius 1 is 0.938 bits per heavy atom. The zero-order chi connectivity index (χ0) is 22.2. The van der Waals surface area contributed by atoms with Gasteiger partial charge < -0.3 is 15.6 Å². The number of amides is 2. The van der Waals surface area contributed by atoms with Crippen molar-refractivity contribution in [1.82, 2.24) is 15.6 Å². The van der Waals surface area contributed by atoms with Gasteiger partial charge in [-0.1, -0.05) is 0 Å². The third-order valence-corrected chi connectivity index (χ3v) is 6.45. The quantitative estimate of drug-likeness (QED) is 0.564. The molecule has 0 spiro atoms. The van der Waals surface area contributed by atoms with Crippen LogP contribution in [0.25, 0.3) is 22.5 Å². The fourth-order valence-corrected chi connectivity index (χ4v) is 4.54. The van der Waals surface area contributed by atoms with E-state index in [0.29, 0.717) is 25.8 Å². The summed E-state index contributed by atoms with van der Waals surface area (Å²) in [6.07, 6.45) is 1.97. The van der Waals surface area contributed by atoms with Crippen molar-refractivity contribution in [2.75, 3.05) is 6.54 Å². The van der Waals surface area contributed by atoms with Crippen molar-refractivity contribution in [3.05, 3.63) is 71.8 Å². The van der Waals surface area contributed by atoms with Gasteiger partial charge in [0.2, 0.25) is 11.8 Å². The molecule has 2 aromatic carbocycles. The monoisotopic (exact) mass is 435 g/mol. The highest BCUT2D eigenvalue weighted by atomic mass is 19.1. The molecule has 5 rings (SSSR count). The second-order valence-electron chi connectivity index (χ2n) is 8.53. The number of rotatable bonds is 5. The topological polar surface area (TPSA) is 74.0 Å². The molecule has 164 valence electrons. The number of aromatic amines is 1. The molecule has 1 aromatic heterocycles. The number of aromatic nitrogens is 1. The van der Waals surface area contributed by atoms with Gasteiger partial charge in [0.25, 0.3) is 0 Å². The minimum atomic E-state index is -0.436. The van der Waals surface area contributed by atoms with Gasteiger partial charge in [-0.25, -0.2) is 8.78 Å². The fraction of sp³-hybridized carbons (Fsp3) is 0.280. The van der Waals surface area contributed by atoms with Crippen LogP contribution in [-0.4, -0.2) is 29.4 Å². The van der Waals surface area contributed by atoms with E-state index in [1.54, 1.807) is 24.3 Å². The molecule has 5 nitrogen and oxygen atoms in total. The smallest absolute Gasteiger partial charge is 0.242 e. The molecule has 7 heteroatoms. The van der Waals surface area contributed by atoms with Crippen LogP contribution < -0.4 is 10.6 Å². The van der Waals surface area contributed by atoms with E-state index in [1.807, 2.05) is 6.07 Å². The molecule has 3 N–H and O–H groups in total. The summed E-state index contributed by atoms with van der Waals surface area (Å²) in [5.41, 5.74) is 4.48. The summed E-state index contributed by atoms with van der Waals surface area (Å²) in [5, 5.41) is 5.58. The van der Waals surface area contributed by atoms with Gasteiger partial charge in [0.1, 0.15) is 17.7 Å². The Morgan fingerprint density at radius 2 is 1.56 bits per heavy atom. The van der Waals surface area contributed by atoms with Gasteiger partial charge in [-0.15, -0.1) is 0 Å². The van der Waals surface area contributed by atoms with E-state index in [1.165, 1.54) is 24.3 Å². The highest BCUT2D eigenvalue weighted by molar-refractivity contribution is 5.90. The molecule has 3 aromatic rings. The molecule has 2 amide bonds. The van der Waals surface area contributed by atoms with Gasteiger partial charge in [0, 0.05) is 23.9 Å². The summed E-state index contributed by atoms with van der Waals surface area (Å²) in [6, 6.07) is 14.1. The maximum absolute atomic E-state index is 13.5. The molecule has 1 aliphatic heterocycles. The number of carbonyl (C=O) groups excluding carboxylic acids is 2. The van der Waals surface area contributed by atoms with Gasteiger partial charge in [0.05, 0.1) is 0 Å². The van der Waals surface area contributed by atoms with Crippen molar-refractivity contribution in [2.24, 2.45) is 5.92 Å². The predicted molar refractivity (Wildman–Crippen MR) is 117 cm³/mol. The molecule has 0 radical (unpaired) electrons. The predicted octanol–water partition coefficient (Wildman–Crippen LogP) is 4.13. The molecule has 2 aliphatic rings. The zero-order valence-electron chi connectivity index (χ0n) is 17.3. The van der Waals surface area contributed by atoms with Crippen LogP contribution in [0.1, 0.15) is 30.7 Å². The van der Waals surface area contributed by atoms with Crippen LogP contribution in [0, 0.1) is 17.6 Å². The Labute approximate surface area is 184 Å². The number of H-pyrrole nitrogens is 1. The highest BCUT2D eigenvalue weighted by Crippen LogP contribution is 2.46. The third kappa shape index (κ3) is 3.90. The van der Waals surface area contributed by atoms with Gasteiger partial charge in [-0.3, -0.25) is 9.59 Å². The van der Waals surface area contributed by atoms with Gasteiger partial charge >= 0.3 is 0 Å². The third-order valence-electron chi connectivity index (χ3n) is 6.45. The second kappa shape index (κ2) is 8.22. The lowest BCUT2D eigenvalue weighted by molar-refractivity contribution is -0.132. The van der Waals surface area contributed by atoms with Crippen molar-refractivity contribution >= 4 is 11.8 Å². The van der Waals surface area contributed by atoms with Crippen molar-refractivity contribution < 1.29 is 18.4 Å². The molecule has 1 saturated carbocycles. The molecule has 1 atom stereocenters. The average Bonchev–Trinajstić information content (AvgIpc) is 3.35. The lowest BCUT2D eigenvalue weighted by atomic mass is 9.70. The molecule has 2 fully saturated rings. The number of carbonyl (C=O) groups is 2.